The molecule has 3 fully saturated rings. The van der Waals surface area contributed by atoms with E-state index in [1.807, 2.05) is 32.9 Å². The second-order valence-corrected chi connectivity index (χ2v) is 12.9. The summed E-state index contributed by atoms with van der Waals surface area (Å²) in [6, 6.07) is 4.37. The Bertz CT molecular complexity index is 1340. The average Bonchev–Trinajstić information content (AvgIpc) is 3.35. The number of nitrogens with one attached hydrogen (secondary N) is 2. The van der Waals surface area contributed by atoms with Gasteiger partial charge in [0.2, 0.25) is 23.6 Å². The van der Waals surface area contributed by atoms with Gasteiger partial charge in [0.25, 0.3) is 0 Å². The molecule has 0 spiro atoms. The van der Waals surface area contributed by atoms with Crippen LogP contribution < -0.4 is 16.4 Å². The largest absolute Gasteiger partial charge is 0.381 e. The minimum atomic E-state index is -1.23. The van der Waals surface area contributed by atoms with Crippen LogP contribution in [0.15, 0.2) is 30.5 Å². The highest BCUT2D eigenvalue weighted by Gasteiger charge is 2.70. The molecule has 4 amide bonds. The Kier molecular flexibility index (Phi) is 7.06. The summed E-state index contributed by atoms with van der Waals surface area (Å²) in [5, 5.41) is 15.3. The number of carbonyl (C=O) groups excluding carboxylic acids is 4. The fraction of sp³-hybridized carbons (Fsp3) is 0.586. The number of aromatic nitrogens is 2. The highest BCUT2D eigenvalue weighted by molar-refractivity contribution is 5.97. The van der Waals surface area contributed by atoms with Gasteiger partial charge >= 0.3 is 0 Å². The summed E-state index contributed by atoms with van der Waals surface area (Å²) < 4.78 is 5.36. The summed E-state index contributed by atoms with van der Waals surface area (Å²) >= 11 is 0. The van der Waals surface area contributed by atoms with Crippen molar-refractivity contribution in [2.24, 2.45) is 34.3 Å². The molecule has 2 aromatic rings. The highest BCUT2D eigenvalue weighted by Crippen LogP contribution is 2.65. The number of carbonyl (C=O) groups is 4. The highest BCUT2D eigenvalue weighted by atomic mass is 16.5. The van der Waals surface area contributed by atoms with Crippen LogP contribution in [0.1, 0.15) is 52.8 Å². The number of hydrogen-bond acceptors (Lipinski definition) is 7. The second-order valence-electron chi connectivity index (χ2n) is 12.9. The summed E-state index contributed by atoms with van der Waals surface area (Å²) in [4.78, 5) is 55.2. The van der Waals surface area contributed by atoms with Gasteiger partial charge in [0.15, 0.2) is 6.04 Å². The number of ether oxygens (including phenoxy) is 1. The molecule has 2 saturated heterocycles. The topological polar surface area (TPSA) is 157 Å². The van der Waals surface area contributed by atoms with Gasteiger partial charge < -0.3 is 26.0 Å². The molecular formula is C29H38N6O5. The Labute approximate surface area is 233 Å². The van der Waals surface area contributed by atoms with Gasteiger partial charge in [-0.1, -0.05) is 58.9 Å². The molecule has 1 saturated carbocycles. The van der Waals surface area contributed by atoms with Crippen molar-refractivity contribution in [3.8, 4) is 0 Å². The van der Waals surface area contributed by atoms with Gasteiger partial charge in [-0.3, -0.25) is 19.2 Å². The van der Waals surface area contributed by atoms with E-state index in [1.54, 1.807) is 23.2 Å². The van der Waals surface area contributed by atoms with Crippen LogP contribution in [0.4, 0.5) is 0 Å². The van der Waals surface area contributed by atoms with Gasteiger partial charge in [0, 0.05) is 23.9 Å². The number of rotatable bonds is 7. The van der Waals surface area contributed by atoms with Crippen LogP contribution in [-0.2, 0) is 23.9 Å². The van der Waals surface area contributed by atoms with Crippen molar-refractivity contribution in [1.29, 1.82) is 0 Å². The molecule has 3 heterocycles. The molecule has 11 nitrogen and oxygen atoms in total. The maximum absolute atomic E-state index is 14.1. The predicted molar refractivity (Wildman–Crippen MR) is 146 cm³/mol. The van der Waals surface area contributed by atoms with Gasteiger partial charge in [-0.15, -0.1) is 0 Å². The van der Waals surface area contributed by atoms with Crippen molar-refractivity contribution >= 4 is 34.4 Å². The summed E-state index contributed by atoms with van der Waals surface area (Å²) in [6.07, 6.45) is 2.18. The zero-order valence-corrected chi connectivity index (χ0v) is 23.6. The fourth-order valence-corrected chi connectivity index (χ4v) is 6.39. The van der Waals surface area contributed by atoms with E-state index in [9.17, 15) is 19.2 Å². The first kappa shape index (κ1) is 27.9. The van der Waals surface area contributed by atoms with Crippen molar-refractivity contribution in [3.63, 3.8) is 0 Å². The smallest absolute Gasteiger partial charge is 0.246 e. The van der Waals surface area contributed by atoms with Crippen molar-refractivity contribution < 1.29 is 23.9 Å². The lowest BCUT2D eigenvalue weighted by Gasteiger charge is -2.38. The molecule has 5 rings (SSSR count). The molecule has 3 aliphatic rings. The van der Waals surface area contributed by atoms with Crippen LogP contribution in [0.3, 0.4) is 0 Å². The van der Waals surface area contributed by atoms with E-state index in [1.165, 1.54) is 0 Å². The third-order valence-electron chi connectivity index (χ3n) is 8.90. The molecule has 6 unspecified atom stereocenters. The molecule has 1 aromatic heterocycles. The number of nitrogens with two attached hydrogens (primary N) is 1. The van der Waals surface area contributed by atoms with Gasteiger partial charge in [-0.05, 0) is 29.1 Å². The molecule has 214 valence electrons. The number of nitrogens with zero attached hydrogens (tertiary/aromatic N) is 3. The van der Waals surface area contributed by atoms with Crippen LogP contribution in [0.2, 0.25) is 0 Å². The third-order valence-corrected chi connectivity index (χ3v) is 8.90. The number of piperidine rings is 1. The van der Waals surface area contributed by atoms with Crippen molar-refractivity contribution in [3.05, 3.63) is 36.2 Å². The summed E-state index contributed by atoms with van der Waals surface area (Å²) in [6.45, 7) is 11.1. The number of likely N-dealkylation sites (tertiary alicyclic amines) is 1. The first-order chi connectivity index (χ1) is 18.8. The lowest BCUT2D eigenvalue weighted by atomic mass is 9.84. The third kappa shape index (κ3) is 4.91. The van der Waals surface area contributed by atoms with E-state index in [2.05, 4.69) is 34.7 Å². The van der Waals surface area contributed by atoms with E-state index < -0.39 is 35.4 Å². The number of primary amides is 1. The monoisotopic (exact) mass is 550 g/mol. The Balaban J connectivity index is 1.42. The number of benzene rings is 1. The van der Waals surface area contributed by atoms with E-state index in [0.717, 1.165) is 5.39 Å². The number of amides is 4. The first-order valence-corrected chi connectivity index (χ1v) is 13.8. The summed E-state index contributed by atoms with van der Waals surface area (Å²) in [7, 11) is 0. The minimum Gasteiger partial charge on any atom is -0.381 e. The van der Waals surface area contributed by atoms with Gasteiger partial charge in [0.05, 0.1) is 18.7 Å². The average molecular weight is 551 g/mol. The SMILES string of the molecule is CC(C)(C)C(NC(=O)C1CCOC1)C(=O)N1CC2C(C1C(=O)NC(C(N)=O)c1nncc3ccccc13)C2(C)C. The first-order valence-electron chi connectivity index (χ1n) is 13.8. The molecule has 0 bridgehead atoms. The van der Waals surface area contributed by atoms with Crippen LogP contribution in [-0.4, -0.2) is 70.6 Å². The van der Waals surface area contributed by atoms with E-state index >= 15 is 0 Å². The normalized spacial score (nSPS) is 26.6. The zero-order valence-electron chi connectivity index (χ0n) is 23.6. The molecule has 40 heavy (non-hydrogen) atoms. The molecular weight excluding hydrogens is 512 g/mol. The van der Waals surface area contributed by atoms with Gasteiger partial charge in [-0.2, -0.15) is 10.2 Å². The van der Waals surface area contributed by atoms with Crippen LogP contribution in [0.25, 0.3) is 10.8 Å². The maximum atomic E-state index is 14.1. The second kappa shape index (κ2) is 10.1. The van der Waals surface area contributed by atoms with Crippen molar-refractivity contribution in [2.75, 3.05) is 19.8 Å². The van der Waals surface area contributed by atoms with E-state index in [-0.39, 0.29) is 40.7 Å². The number of hydrogen-bond donors (Lipinski definition) is 3. The fourth-order valence-electron chi connectivity index (χ4n) is 6.39. The summed E-state index contributed by atoms with van der Waals surface area (Å²) in [5.41, 5.74) is 5.25. The molecule has 1 aromatic carbocycles. The van der Waals surface area contributed by atoms with Crippen LogP contribution >= 0.6 is 0 Å². The van der Waals surface area contributed by atoms with Crippen LogP contribution in [0.5, 0.6) is 0 Å². The molecule has 4 N–H and O–H groups in total. The lowest BCUT2D eigenvalue weighted by molar-refractivity contribution is -0.146. The van der Waals surface area contributed by atoms with E-state index in [0.29, 0.717) is 31.6 Å². The Morgan fingerprint density at radius 1 is 1.12 bits per heavy atom. The Morgan fingerprint density at radius 3 is 2.50 bits per heavy atom. The molecule has 2 aliphatic heterocycles. The summed E-state index contributed by atoms with van der Waals surface area (Å²) in [5.74, 6) is -2.07. The maximum Gasteiger partial charge on any atom is 0.246 e. The molecule has 11 heteroatoms. The molecule has 1 aliphatic carbocycles. The van der Waals surface area contributed by atoms with Crippen molar-refractivity contribution in [2.45, 2.75) is 59.2 Å². The zero-order chi connectivity index (χ0) is 29.0. The lowest BCUT2D eigenvalue weighted by Crippen LogP contribution is -2.60. The Morgan fingerprint density at radius 2 is 1.85 bits per heavy atom. The van der Waals surface area contributed by atoms with E-state index in [4.69, 9.17) is 10.5 Å². The van der Waals surface area contributed by atoms with Gasteiger partial charge in [-0.25, -0.2) is 0 Å². The Hall–Kier alpha value is -3.60. The minimum absolute atomic E-state index is 0.0943. The predicted octanol–water partition coefficient (Wildman–Crippen LogP) is 1.32. The quantitative estimate of drug-likeness (QED) is 0.469. The van der Waals surface area contributed by atoms with Crippen molar-refractivity contribution in [1.82, 2.24) is 25.7 Å². The number of fused-ring (bicyclic) bond motifs is 2. The van der Waals surface area contributed by atoms with Gasteiger partial charge in [0.1, 0.15) is 17.8 Å². The molecule has 0 radical (unpaired) electrons. The molecule has 6 atom stereocenters. The standard InChI is InChI=1S/C29H38N6O5/c1-28(2,3)23(33-25(37)16-10-11-40-14-16)27(39)35-13-18-19(29(18,4)5)22(35)26(38)32-21(24(30)36)20-17-9-7-6-8-15(17)12-31-34-20/h6-9,12,16,18-19,21-23H,10-11,13-14H2,1-5H3,(H2,30,36)(H,32,38)(H,33,37). The van der Waals surface area contributed by atoms with Crippen LogP contribution in [0, 0.1) is 28.6 Å².